The number of carbonyl (C=O) groups is 2. The molecule has 0 radical (unpaired) electrons. The second-order valence-electron chi connectivity index (χ2n) is 6.41. The Hall–Kier alpha value is -4.20. The van der Waals surface area contributed by atoms with Crippen molar-refractivity contribution in [3.63, 3.8) is 0 Å². The van der Waals surface area contributed by atoms with Gasteiger partial charge in [-0.15, -0.1) is 0 Å². The third-order valence-electron chi connectivity index (χ3n) is 4.54. The van der Waals surface area contributed by atoms with E-state index in [2.05, 4.69) is 4.98 Å². The number of hydrogen-bond donors (Lipinski definition) is 3. The van der Waals surface area contributed by atoms with Crippen LogP contribution in [-0.4, -0.2) is 27.1 Å². The Morgan fingerprint density at radius 2 is 1.62 bits per heavy atom. The van der Waals surface area contributed by atoms with Crippen LogP contribution in [0.15, 0.2) is 62.5 Å². The van der Waals surface area contributed by atoms with E-state index in [4.69, 9.17) is 9.52 Å². The first-order valence-corrected chi connectivity index (χ1v) is 8.53. The molecule has 1 heterocycles. The topological polar surface area (TPSA) is 138 Å². The number of rotatable bonds is 4. The van der Waals surface area contributed by atoms with Crippen molar-refractivity contribution >= 4 is 23.0 Å². The number of fused-ring (bicyclic) bond motifs is 1. The van der Waals surface area contributed by atoms with Crippen LogP contribution in [0.25, 0.3) is 22.2 Å². The number of aliphatic carboxylic acids is 1. The standard InChI is InChI=1S/C21H13NO7/c23-14(24)9-10-5-7-11(8-6-10)15-16(21(27)28)17-20(19(26)18(15)25)29-13-4-2-1-3-12(13)22-17/h1-8,22H,9H2,(H,23,24)(H,27,28). The van der Waals surface area contributed by atoms with Crippen LogP contribution in [-0.2, 0) is 11.2 Å². The summed E-state index contributed by atoms with van der Waals surface area (Å²) in [5.41, 5.74) is -1.56. The Labute approximate surface area is 161 Å². The van der Waals surface area contributed by atoms with Crippen LogP contribution < -0.4 is 10.9 Å². The van der Waals surface area contributed by atoms with Gasteiger partial charge in [-0.2, -0.15) is 0 Å². The number of carboxylic acid groups (broad SMARTS) is 2. The lowest BCUT2D eigenvalue weighted by Crippen LogP contribution is -2.30. The molecule has 2 aromatic rings. The van der Waals surface area contributed by atoms with E-state index in [0.717, 1.165) is 0 Å². The minimum absolute atomic E-state index is 0.0922. The van der Waals surface area contributed by atoms with Crippen molar-refractivity contribution in [2.24, 2.45) is 0 Å². The Morgan fingerprint density at radius 3 is 2.28 bits per heavy atom. The normalized spacial score (nSPS) is 11.0. The fourth-order valence-corrected chi connectivity index (χ4v) is 3.26. The number of benzene rings is 2. The first-order chi connectivity index (χ1) is 13.9. The van der Waals surface area contributed by atoms with Gasteiger partial charge in [-0.1, -0.05) is 36.4 Å². The first kappa shape index (κ1) is 18.2. The van der Waals surface area contributed by atoms with E-state index < -0.39 is 22.8 Å². The van der Waals surface area contributed by atoms with Gasteiger partial charge in [0.15, 0.2) is 5.58 Å². The van der Waals surface area contributed by atoms with E-state index in [1.807, 2.05) is 0 Å². The van der Waals surface area contributed by atoms with E-state index in [9.17, 15) is 24.3 Å². The third kappa shape index (κ3) is 3.06. The summed E-state index contributed by atoms with van der Waals surface area (Å²) in [7, 11) is 0. The average molecular weight is 391 g/mol. The van der Waals surface area contributed by atoms with E-state index >= 15 is 0 Å². The number of carboxylic acids is 2. The molecular formula is C21H13NO7. The molecule has 0 aromatic heterocycles. The van der Waals surface area contributed by atoms with Crippen molar-refractivity contribution in [1.82, 2.24) is 4.98 Å². The van der Waals surface area contributed by atoms with Gasteiger partial charge in [-0.25, -0.2) is 4.79 Å². The highest BCUT2D eigenvalue weighted by Crippen LogP contribution is 2.23. The summed E-state index contributed by atoms with van der Waals surface area (Å²) in [6, 6.07) is 12.4. The molecule has 29 heavy (non-hydrogen) atoms. The zero-order valence-electron chi connectivity index (χ0n) is 14.8. The SMILES string of the molecule is O=C(O)Cc1ccc(-c2c(C(=O)O)c3[nH]c4ccccc4oc=3c(=O)c2=O)cc1. The molecular weight excluding hydrogens is 378 g/mol. The molecule has 3 N–H and O–H groups in total. The molecule has 0 fully saturated rings. The van der Waals surface area contributed by atoms with Gasteiger partial charge in [0.1, 0.15) is 5.35 Å². The average Bonchev–Trinajstić information content (AvgIpc) is 2.69. The number of nitrogens with one attached hydrogen (secondary N) is 1. The highest BCUT2D eigenvalue weighted by molar-refractivity contribution is 5.96. The van der Waals surface area contributed by atoms with E-state index in [1.54, 1.807) is 24.3 Å². The molecule has 1 aliphatic heterocycles. The third-order valence-corrected chi connectivity index (χ3v) is 4.54. The predicted octanol–water partition coefficient (Wildman–Crippen LogP) is 2.20. The second-order valence-corrected chi connectivity index (χ2v) is 6.41. The maximum absolute atomic E-state index is 12.8. The van der Waals surface area contributed by atoms with Crippen molar-refractivity contribution in [2.45, 2.75) is 6.42 Å². The van der Waals surface area contributed by atoms with Gasteiger partial charge >= 0.3 is 11.9 Å². The molecule has 0 bridgehead atoms. The van der Waals surface area contributed by atoms with Gasteiger partial charge in [0.05, 0.1) is 23.1 Å². The van der Waals surface area contributed by atoms with Gasteiger partial charge in [0.25, 0.3) is 5.43 Å². The zero-order chi connectivity index (χ0) is 20.7. The molecule has 8 nitrogen and oxygen atoms in total. The number of aromatic carboxylic acids is 1. The summed E-state index contributed by atoms with van der Waals surface area (Å²) in [6.45, 7) is 0. The zero-order valence-corrected chi connectivity index (χ0v) is 14.8. The Balaban J connectivity index is 2.10. The lowest BCUT2D eigenvalue weighted by molar-refractivity contribution is -0.136. The van der Waals surface area contributed by atoms with Gasteiger partial charge in [-0.05, 0) is 23.3 Å². The smallest absolute Gasteiger partial charge is 0.338 e. The van der Waals surface area contributed by atoms with Crippen LogP contribution in [0.1, 0.15) is 15.9 Å². The minimum atomic E-state index is -1.40. The molecule has 0 saturated heterocycles. The van der Waals surface area contributed by atoms with Crippen molar-refractivity contribution in [1.29, 1.82) is 0 Å². The summed E-state index contributed by atoms with van der Waals surface area (Å²) in [5.74, 6) is -2.43. The van der Waals surface area contributed by atoms with Gasteiger partial charge < -0.3 is 19.6 Å². The molecule has 8 heteroatoms. The molecule has 0 amide bonds. The van der Waals surface area contributed by atoms with Crippen molar-refractivity contribution < 1.29 is 24.2 Å². The molecule has 2 aliphatic rings. The number of aromatic nitrogens is 1. The highest BCUT2D eigenvalue weighted by Gasteiger charge is 2.23. The molecule has 1 aliphatic carbocycles. The van der Waals surface area contributed by atoms with Crippen molar-refractivity contribution in [3.05, 3.63) is 90.9 Å². The summed E-state index contributed by atoms with van der Waals surface area (Å²) in [6.07, 6.45) is -0.223. The summed E-state index contributed by atoms with van der Waals surface area (Å²) >= 11 is 0. The van der Waals surface area contributed by atoms with Crippen molar-refractivity contribution in [2.75, 3.05) is 0 Å². The molecule has 0 atom stereocenters. The maximum Gasteiger partial charge on any atom is 0.338 e. The Bertz CT molecular complexity index is 1460. The fraction of sp³-hybridized carbons (Fsp3) is 0.0476. The predicted molar refractivity (Wildman–Crippen MR) is 102 cm³/mol. The number of hydrogen-bond acceptors (Lipinski definition) is 5. The van der Waals surface area contributed by atoms with Gasteiger partial charge in [0.2, 0.25) is 10.8 Å². The lowest BCUT2D eigenvalue weighted by atomic mass is 9.97. The highest BCUT2D eigenvalue weighted by atomic mass is 16.4. The summed E-state index contributed by atoms with van der Waals surface area (Å²) in [4.78, 5) is 51.2. The second kappa shape index (κ2) is 6.75. The van der Waals surface area contributed by atoms with Crippen LogP contribution in [0.2, 0.25) is 0 Å². The van der Waals surface area contributed by atoms with Crippen LogP contribution in [0.4, 0.5) is 0 Å². The van der Waals surface area contributed by atoms with Crippen molar-refractivity contribution in [3.8, 4) is 11.1 Å². The number of H-pyrrole nitrogens is 1. The van der Waals surface area contributed by atoms with E-state index in [0.29, 0.717) is 16.7 Å². The quantitative estimate of drug-likeness (QED) is 0.453. The van der Waals surface area contributed by atoms with Gasteiger partial charge in [0, 0.05) is 0 Å². The molecule has 4 rings (SSSR count). The maximum atomic E-state index is 12.8. The largest absolute Gasteiger partial charge is 0.481 e. The minimum Gasteiger partial charge on any atom is -0.481 e. The van der Waals surface area contributed by atoms with Crippen LogP contribution in [0.3, 0.4) is 0 Å². The molecule has 144 valence electrons. The van der Waals surface area contributed by atoms with Crippen LogP contribution in [0, 0.1) is 10.8 Å². The number of para-hydroxylation sites is 2. The molecule has 0 spiro atoms. The van der Waals surface area contributed by atoms with Crippen LogP contribution >= 0.6 is 0 Å². The van der Waals surface area contributed by atoms with Gasteiger partial charge in [-0.3, -0.25) is 14.4 Å². The monoisotopic (exact) mass is 391 g/mol. The van der Waals surface area contributed by atoms with E-state index in [-0.39, 0.29) is 33.9 Å². The molecule has 2 aromatic carbocycles. The summed E-state index contributed by atoms with van der Waals surface area (Å²) < 4.78 is 5.53. The lowest BCUT2D eigenvalue weighted by Gasteiger charge is -2.08. The number of aromatic amines is 1. The summed E-state index contributed by atoms with van der Waals surface area (Å²) in [5, 5.41) is 18.6. The Kier molecular flexibility index (Phi) is 4.23. The van der Waals surface area contributed by atoms with E-state index in [1.165, 1.54) is 24.3 Å². The molecule has 0 saturated carbocycles. The Morgan fingerprint density at radius 1 is 0.931 bits per heavy atom. The fourth-order valence-electron chi connectivity index (χ4n) is 3.26. The molecule has 0 unspecified atom stereocenters. The first-order valence-electron chi connectivity index (χ1n) is 8.53. The van der Waals surface area contributed by atoms with Crippen LogP contribution in [0.5, 0.6) is 0 Å².